The van der Waals surface area contributed by atoms with Crippen molar-refractivity contribution in [2.45, 2.75) is 6.61 Å². The van der Waals surface area contributed by atoms with Gasteiger partial charge in [0.25, 0.3) is 0 Å². The first-order valence-electron chi connectivity index (χ1n) is 5.17. The van der Waals surface area contributed by atoms with E-state index in [-0.39, 0.29) is 12.4 Å². The zero-order valence-corrected chi connectivity index (χ0v) is 11.6. The zero-order chi connectivity index (χ0) is 13.1. The molecule has 18 heavy (non-hydrogen) atoms. The first-order chi connectivity index (χ1) is 8.54. The Morgan fingerprint density at radius 1 is 1.22 bits per heavy atom. The van der Waals surface area contributed by atoms with Crippen molar-refractivity contribution in [2.24, 2.45) is 0 Å². The third kappa shape index (κ3) is 3.37. The monoisotopic (exact) mass is 329 g/mol. The van der Waals surface area contributed by atoms with Gasteiger partial charge in [0.05, 0.1) is 0 Å². The molecule has 0 aliphatic rings. The number of nitrogen functional groups attached to an aromatic ring is 1. The number of ether oxygens (including phenoxy) is 1. The average molecular weight is 331 g/mol. The van der Waals surface area contributed by atoms with Crippen molar-refractivity contribution >= 4 is 33.2 Å². The smallest absolute Gasteiger partial charge is 0.128 e. The van der Waals surface area contributed by atoms with Crippen LogP contribution >= 0.6 is 27.5 Å². The minimum absolute atomic E-state index is 0.236. The number of anilines is 1. The minimum atomic E-state index is -0.363. The first kappa shape index (κ1) is 13.2. The van der Waals surface area contributed by atoms with Gasteiger partial charge in [0.2, 0.25) is 0 Å². The summed E-state index contributed by atoms with van der Waals surface area (Å²) >= 11 is 9.21. The third-order valence-electron chi connectivity index (χ3n) is 2.30. The highest BCUT2D eigenvalue weighted by Crippen LogP contribution is 2.24. The van der Waals surface area contributed by atoms with E-state index in [9.17, 15) is 4.39 Å². The molecule has 0 radical (unpaired) electrons. The van der Waals surface area contributed by atoms with Gasteiger partial charge < -0.3 is 10.5 Å². The van der Waals surface area contributed by atoms with Crippen molar-refractivity contribution in [1.82, 2.24) is 0 Å². The number of halogens is 3. The maximum atomic E-state index is 13.1. The largest absolute Gasteiger partial charge is 0.489 e. The Hall–Kier alpha value is -1.26. The first-order valence-corrected chi connectivity index (χ1v) is 6.34. The van der Waals surface area contributed by atoms with Crippen LogP contribution in [-0.4, -0.2) is 0 Å². The lowest BCUT2D eigenvalue weighted by atomic mass is 10.2. The van der Waals surface area contributed by atoms with Crippen LogP contribution < -0.4 is 10.5 Å². The van der Waals surface area contributed by atoms with Gasteiger partial charge in [-0.2, -0.15) is 0 Å². The summed E-state index contributed by atoms with van der Waals surface area (Å²) in [6.07, 6.45) is 0. The number of hydrogen-bond donors (Lipinski definition) is 1. The Balaban J connectivity index is 2.13. The summed E-state index contributed by atoms with van der Waals surface area (Å²) in [7, 11) is 0. The van der Waals surface area contributed by atoms with Crippen molar-refractivity contribution in [3.8, 4) is 5.75 Å². The Kier molecular flexibility index (Phi) is 4.09. The molecule has 0 saturated carbocycles. The summed E-state index contributed by atoms with van der Waals surface area (Å²) in [4.78, 5) is 0. The van der Waals surface area contributed by atoms with E-state index in [1.807, 2.05) is 0 Å². The topological polar surface area (TPSA) is 35.2 Å². The molecule has 0 aliphatic heterocycles. The molecule has 0 saturated heterocycles. The highest BCUT2D eigenvalue weighted by atomic mass is 79.9. The molecule has 5 heteroatoms. The lowest BCUT2D eigenvalue weighted by molar-refractivity contribution is 0.304. The quantitative estimate of drug-likeness (QED) is 0.846. The molecule has 0 aromatic heterocycles. The van der Waals surface area contributed by atoms with Gasteiger partial charge in [0.1, 0.15) is 18.2 Å². The minimum Gasteiger partial charge on any atom is -0.489 e. The van der Waals surface area contributed by atoms with Crippen LogP contribution in [0.4, 0.5) is 10.1 Å². The maximum absolute atomic E-state index is 13.1. The van der Waals surface area contributed by atoms with E-state index < -0.39 is 0 Å². The maximum Gasteiger partial charge on any atom is 0.128 e. The highest BCUT2D eigenvalue weighted by Gasteiger charge is 2.04. The molecule has 0 amide bonds. The molecule has 0 aliphatic carbocycles. The summed E-state index contributed by atoms with van der Waals surface area (Å²) in [5, 5.41) is 0.569. The van der Waals surface area contributed by atoms with Crippen LogP contribution in [0, 0.1) is 5.82 Å². The van der Waals surface area contributed by atoms with E-state index in [2.05, 4.69) is 15.9 Å². The van der Waals surface area contributed by atoms with Crippen LogP contribution in [0.25, 0.3) is 0 Å². The molecule has 0 atom stereocenters. The van der Waals surface area contributed by atoms with Crippen molar-refractivity contribution in [2.75, 3.05) is 5.73 Å². The SMILES string of the molecule is Nc1ccc(Cl)c(COc2cc(F)cc(Br)c2)c1. The number of hydrogen-bond acceptors (Lipinski definition) is 2. The van der Waals surface area contributed by atoms with Crippen molar-refractivity contribution in [3.05, 3.63) is 57.3 Å². The fraction of sp³-hybridized carbons (Fsp3) is 0.0769. The Morgan fingerprint density at radius 3 is 2.72 bits per heavy atom. The normalized spacial score (nSPS) is 10.4. The molecular formula is C13H10BrClFNO. The standard InChI is InChI=1S/C13H10BrClFNO/c14-9-4-10(16)6-12(5-9)18-7-8-3-11(17)1-2-13(8)15/h1-6H,7,17H2. The third-order valence-corrected chi connectivity index (χ3v) is 3.13. The van der Waals surface area contributed by atoms with E-state index in [0.29, 0.717) is 20.9 Å². The molecular weight excluding hydrogens is 321 g/mol. The summed E-state index contributed by atoms with van der Waals surface area (Å²) in [6.45, 7) is 0.236. The highest BCUT2D eigenvalue weighted by molar-refractivity contribution is 9.10. The fourth-order valence-corrected chi connectivity index (χ4v) is 2.09. The van der Waals surface area contributed by atoms with Gasteiger partial charge >= 0.3 is 0 Å². The molecule has 2 rings (SSSR count). The van der Waals surface area contributed by atoms with E-state index in [4.69, 9.17) is 22.1 Å². The molecule has 0 bridgehead atoms. The van der Waals surface area contributed by atoms with Crippen molar-refractivity contribution in [3.63, 3.8) is 0 Å². The molecule has 2 N–H and O–H groups in total. The number of rotatable bonds is 3. The lowest BCUT2D eigenvalue weighted by Gasteiger charge is -2.09. The van der Waals surface area contributed by atoms with Crippen LogP contribution in [0.5, 0.6) is 5.75 Å². The predicted octanol–water partition coefficient (Wildman–Crippen LogP) is 4.40. The molecule has 2 nitrogen and oxygen atoms in total. The predicted molar refractivity (Wildman–Crippen MR) is 74.3 cm³/mol. The molecule has 0 unspecified atom stereocenters. The molecule has 94 valence electrons. The summed E-state index contributed by atoms with van der Waals surface area (Å²) in [6, 6.07) is 9.51. The Morgan fingerprint density at radius 2 is 2.00 bits per heavy atom. The molecule has 0 heterocycles. The fourth-order valence-electron chi connectivity index (χ4n) is 1.48. The van der Waals surface area contributed by atoms with Gasteiger partial charge in [-0.1, -0.05) is 27.5 Å². The average Bonchev–Trinajstić information content (AvgIpc) is 2.29. The second-order valence-corrected chi connectivity index (χ2v) is 5.07. The zero-order valence-electron chi connectivity index (χ0n) is 9.29. The Bertz CT molecular complexity index is 557. The second kappa shape index (κ2) is 5.59. The molecule has 2 aromatic rings. The van der Waals surface area contributed by atoms with Crippen LogP contribution in [0.3, 0.4) is 0 Å². The van der Waals surface area contributed by atoms with Gasteiger partial charge in [-0.15, -0.1) is 0 Å². The van der Waals surface area contributed by atoms with Gasteiger partial charge in [-0.25, -0.2) is 4.39 Å². The van der Waals surface area contributed by atoms with Crippen LogP contribution in [-0.2, 0) is 6.61 Å². The Labute approximate surface area is 118 Å². The van der Waals surface area contributed by atoms with Gasteiger partial charge in [-0.05, 0) is 30.3 Å². The van der Waals surface area contributed by atoms with Crippen LogP contribution in [0.15, 0.2) is 40.9 Å². The van der Waals surface area contributed by atoms with E-state index in [0.717, 1.165) is 5.56 Å². The summed E-state index contributed by atoms with van der Waals surface area (Å²) in [5.41, 5.74) is 7.03. The van der Waals surface area contributed by atoms with Crippen LogP contribution in [0.1, 0.15) is 5.56 Å². The second-order valence-electron chi connectivity index (χ2n) is 3.74. The van der Waals surface area contributed by atoms with Crippen molar-refractivity contribution < 1.29 is 9.13 Å². The van der Waals surface area contributed by atoms with E-state index >= 15 is 0 Å². The van der Waals surface area contributed by atoms with Gasteiger partial charge in [0, 0.05) is 26.8 Å². The summed E-state index contributed by atoms with van der Waals surface area (Å²) < 4.78 is 19.2. The lowest BCUT2D eigenvalue weighted by Crippen LogP contribution is -1.98. The molecule has 2 aromatic carbocycles. The molecule has 0 fully saturated rings. The molecule has 0 spiro atoms. The van der Waals surface area contributed by atoms with Gasteiger partial charge in [-0.3, -0.25) is 0 Å². The number of nitrogens with two attached hydrogens (primary N) is 1. The van der Waals surface area contributed by atoms with Crippen molar-refractivity contribution in [1.29, 1.82) is 0 Å². The van der Waals surface area contributed by atoms with Gasteiger partial charge in [0.15, 0.2) is 0 Å². The number of benzene rings is 2. The summed E-state index contributed by atoms with van der Waals surface area (Å²) in [5.74, 6) is 0.0680. The van der Waals surface area contributed by atoms with Crippen LogP contribution in [0.2, 0.25) is 5.02 Å². The van der Waals surface area contributed by atoms with E-state index in [1.165, 1.54) is 12.1 Å². The van der Waals surface area contributed by atoms with E-state index in [1.54, 1.807) is 24.3 Å².